The molecule has 2 aromatic carbocycles. The molecule has 0 amide bonds. The highest BCUT2D eigenvalue weighted by Crippen LogP contribution is 2.42. The molecule has 1 aromatic heterocycles. The van der Waals surface area contributed by atoms with Crippen molar-refractivity contribution in [1.29, 1.82) is 0 Å². The van der Waals surface area contributed by atoms with Gasteiger partial charge in [0.1, 0.15) is 0 Å². The van der Waals surface area contributed by atoms with E-state index in [0.717, 1.165) is 36.5 Å². The molecule has 1 saturated carbocycles. The summed E-state index contributed by atoms with van der Waals surface area (Å²) >= 11 is 1.73. The van der Waals surface area contributed by atoms with Gasteiger partial charge in [-0.3, -0.25) is 0 Å². The smallest absolute Gasteiger partial charge is 0.210 e. The van der Waals surface area contributed by atoms with Crippen molar-refractivity contribution in [2.24, 2.45) is 0 Å². The average molecular weight is 372 g/mol. The van der Waals surface area contributed by atoms with Gasteiger partial charge in [0, 0.05) is 22.2 Å². The van der Waals surface area contributed by atoms with Gasteiger partial charge in [-0.25, -0.2) is 13.1 Å². The molecule has 3 nitrogen and oxygen atoms in total. The summed E-state index contributed by atoms with van der Waals surface area (Å²) in [7, 11) is -3.55. The zero-order valence-electron chi connectivity index (χ0n) is 13.9. The molecule has 5 heteroatoms. The molecular formula is C20H21NO2S2. The summed E-state index contributed by atoms with van der Waals surface area (Å²) in [5, 5.41) is 3.79. The van der Waals surface area contributed by atoms with E-state index < -0.39 is 10.0 Å². The Labute approximate surface area is 152 Å². The van der Waals surface area contributed by atoms with E-state index in [1.165, 1.54) is 4.88 Å². The van der Waals surface area contributed by atoms with Gasteiger partial charge in [0.15, 0.2) is 0 Å². The van der Waals surface area contributed by atoms with E-state index >= 15 is 0 Å². The SMILES string of the molecule is O=S(=O)(NCC1(c2cccs2)CCCC1)c1cccc2ccccc12. The van der Waals surface area contributed by atoms with Crippen molar-refractivity contribution < 1.29 is 8.42 Å². The van der Waals surface area contributed by atoms with E-state index in [1.54, 1.807) is 17.4 Å². The lowest BCUT2D eigenvalue weighted by Crippen LogP contribution is -2.38. The van der Waals surface area contributed by atoms with Crippen molar-refractivity contribution in [2.45, 2.75) is 36.0 Å². The lowest BCUT2D eigenvalue weighted by atomic mass is 9.85. The zero-order chi connectivity index (χ0) is 17.3. The van der Waals surface area contributed by atoms with Crippen molar-refractivity contribution in [3.8, 4) is 0 Å². The highest BCUT2D eigenvalue weighted by Gasteiger charge is 2.37. The minimum absolute atomic E-state index is 0.0498. The first-order valence-electron chi connectivity index (χ1n) is 8.62. The highest BCUT2D eigenvalue weighted by molar-refractivity contribution is 7.89. The molecule has 130 valence electrons. The highest BCUT2D eigenvalue weighted by atomic mass is 32.2. The van der Waals surface area contributed by atoms with Crippen molar-refractivity contribution in [1.82, 2.24) is 4.72 Å². The van der Waals surface area contributed by atoms with Gasteiger partial charge in [0.2, 0.25) is 10.0 Å². The first kappa shape index (κ1) is 16.8. The number of fused-ring (bicyclic) bond motifs is 1. The maximum absolute atomic E-state index is 13.0. The monoisotopic (exact) mass is 371 g/mol. The summed E-state index contributed by atoms with van der Waals surface area (Å²) in [6.07, 6.45) is 4.42. The van der Waals surface area contributed by atoms with Gasteiger partial charge in [-0.15, -0.1) is 11.3 Å². The number of benzene rings is 2. The van der Waals surface area contributed by atoms with Crippen LogP contribution < -0.4 is 4.72 Å². The molecule has 1 heterocycles. The number of hydrogen-bond acceptors (Lipinski definition) is 3. The standard InChI is InChI=1S/C20H21NO2S2/c22-25(23,18-10-5-8-16-7-1-2-9-17(16)18)21-15-20(12-3-4-13-20)19-11-6-14-24-19/h1-2,5-11,14,21H,3-4,12-13,15H2. The van der Waals surface area contributed by atoms with Crippen molar-refractivity contribution >= 4 is 32.1 Å². The van der Waals surface area contributed by atoms with Gasteiger partial charge in [0.25, 0.3) is 0 Å². The Morgan fingerprint density at radius 1 is 0.960 bits per heavy atom. The molecule has 1 aliphatic carbocycles. The second-order valence-electron chi connectivity index (χ2n) is 6.77. The van der Waals surface area contributed by atoms with E-state index in [9.17, 15) is 8.42 Å². The Morgan fingerprint density at radius 2 is 1.72 bits per heavy atom. The first-order valence-corrected chi connectivity index (χ1v) is 11.0. The molecule has 1 fully saturated rings. The third kappa shape index (κ3) is 3.12. The summed E-state index contributed by atoms with van der Waals surface area (Å²) < 4.78 is 28.9. The summed E-state index contributed by atoms with van der Waals surface area (Å²) in [5.41, 5.74) is -0.0498. The minimum atomic E-state index is -3.55. The van der Waals surface area contributed by atoms with Crippen molar-refractivity contribution in [2.75, 3.05) is 6.54 Å². The van der Waals surface area contributed by atoms with E-state index in [-0.39, 0.29) is 5.41 Å². The van der Waals surface area contributed by atoms with Gasteiger partial charge in [-0.1, -0.05) is 55.3 Å². The number of sulfonamides is 1. The summed E-state index contributed by atoms with van der Waals surface area (Å²) in [6.45, 7) is 0.471. The van der Waals surface area contributed by atoms with Gasteiger partial charge in [0.05, 0.1) is 4.90 Å². The molecule has 1 N–H and O–H groups in total. The fraction of sp³-hybridized carbons (Fsp3) is 0.300. The largest absolute Gasteiger partial charge is 0.241 e. The predicted molar refractivity (Wildman–Crippen MR) is 104 cm³/mol. The van der Waals surface area contributed by atoms with Crippen LogP contribution in [0.1, 0.15) is 30.6 Å². The van der Waals surface area contributed by atoms with Crippen LogP contribution >= 0.6 is 11.3 Å². The van der Waals surface area contributed by atoms with Crippen LogP contribution in [0.25, 0.3) is 10.8 Å². The fourth-order valence-electron chi connectivity index (χ4n) is 3.88. The van der Waals surface area contributed by atoms with Crippen molar-refractivity contribution in [3.63, 3.8) is 0 Å². The summed E-state index contributed by atoms with van der Waals surface area (Å²) in [5.74, 6) is 0. The van der Waals surface area contributed by atoms with Crippen LogP contribution in [0.2, 0.25) is 0 Å². The normalized spacial score (nSPS) is 17.1. The van der Waals surface area contributed by atoms with E-state index in [0.29, 0.717) is 11.4 Å². The number of hydrogen-bond donors (Lipinski definition) is 1. The van der Waals surface area contributed by atoms with Crippen LogP contribution in [0.15, 0.2) is 64.9 Å². The van der Waals surface area contributed by atoms with E-state index in [1.807, 2.05) is 36.4 Å². The molecule has 0 atom stereocenters. The molecule has 0 aliphatic heterocycles. The molecule has 0 unspecified atom stereocenters. The Bertz CT molecular complexity index is 967. The second kappa shape index (κ2) is 6.56. The summed E-state index contributed by atoms with van der Waals surface area (Å²) in [4.78, 5) is 1.66. The molecule has 0 saturated heterocycles. The summed E-state index contributed by atoms with van der Waals surface area (Å²) in [6, 6.07) is 17.3. The quantitative estimate of drug-likeness (QED) is 0.707. The molecule has 1 aliphatic rings. The molecular weight excluding hydrogens is 350 g/mol. The van der Waals surface area contributed by atoms with E-state index in [4.69, 9.17) is 0 Å². The molecule has 3 aromatic rings. The van der Waals surface area contributed by atoms with E-state index in [2.05, 4.69) is 22.2 Å². The first-order chi connectivity index (χ1) is 12.1. The van der Waals surface area contributed by atoms with Crippen LogP contribution in [-0.2, 0) is 15.4 Å². The second-order valence-corrected chi connectivity index (χ2v) is 9.45. The zero-order valence-corrected chi connectivity index (χ0v) is 15.6. The van der Waals surface area contributed by atoms with Crippen LogP contribution in [0.3, 0.4) is 0 Å². The number of thiophene rings is 1. The van der Waals surface area contributed by atoms with Crippen LogP contribution in [-0.4, -0.2) is 15.0 Å². The Kier molecular flexibility index (Phi) is 4.40. The third-order valence-electron chi connectivity index (χ3n) is 5.24. The minimum Gasteiger partial charge on any atom is -0.210 e. The molecule has 0 bridgehead atoms. The molecule has 0 spiro atoms. The topological polar surface area (TPSA) is 46.2 Å². The molecule has 25 heavy (non-hydrogen) atoms. The molecule has 4 rings (SSSR count). The fourth-order valence-corrected chi connectivity index (χ4v) is 6.23. The lowest BCUT2D eigenvalue weighted by molar-refractivity contribution is 0.440. The van der Waals surface area contributed by atoms with Gasteiger partial charge >= 0.3 is 0 Å². The Morgan fingerprint density at radius 3 is 2.48 bits per heavy atom. The van der Waals surface area contributed by atoms with Gasteiger partial charge in [-0.05, 0) is 35.7 Å². The predicted octanol–water partition coefficient (Wildman–Crippen LogP) is 4.69. The molecule has 0 radical (unpaired) electrons. The van der Waals surface area contributed by atoms with Crippen LogP contribution in [0.4, 0.5) is 0 Å². The van der Waals surface area contributed by atoms with Crippen molar-refractivity contribution in [3.05, 3.63) is 64.9 Å². The Balaban J connectivity index is 1.65. The van der Waals surface area contributed by atoms with Crippen LogP contribution in [0.5, 0.6) is 0 Å². The van der Waals surface area contributed by atoms with Gasteiger partial charge in [-0.2, -0.15) is 0 Å². The lowest BCUT2D eigenvalue weighted by Gasteiger charge is -2.28. The average Bonchev–Trinajstić information content (AvgIpc) is 3.32. The third-order valence-corrected chi connectivity index (χ3v) is 7.82. The van der Waals surface area contributed by atoms with Crippen LogP contribution in [0, 0.1) is 0 Å². The maximum atomic E-state index is 13.0. The number of rotatable bonds is 5. The van der Waals surface area contributed by atoms with Gasteiger partial charge < -0.3 is 0 Å². The number of nitrogens with one attached hydrogen (secondary N) is 1. The maximum Gasteiger partial charge on any atom is 0.241 e. The Hall–Kier alpha value is -1.69.